The van der Waals surface area contributed by atoms with Crippen molar-refractivity contribution in [1.29, 1.82) is 0 Å². The Hall–Kier alpha value is -0.870. The fraction of sp³-hybridized carbons (Fsp3) is 0.625. The molecule has 4 aliphatic rings. The summed E-state index contributed by atoms with van der Waals surface area (Å²) >= 11 is 0. The lowest BCUT2D eigenvalue weighted by Gasteiger charge is -2.22. The van der Waals surface area contributed by atoms with Crippen molar-refractivity contribution in [2.24, 2.45) is 22.7 Å². The summed E-state index contributed by atoms with van der Waals surface area (Å²) in [4.78, 5) is 0.461. The molecule has 5 rings (SSSR count). The second kappa shape index (κ2) is 3.14. The molecule has 0 bridgehead atoms. The van der Waals surface area contributed by atoms with E-state index in [9.17, 15) is 8.42 Å². The molecular weight excluding hydrogens is 270 g/mol. The summed E-state index contributed by atoms with van der Waals surface area (Å²) < 4.78 is 27.3. The Labute approximate surface area is 120 Å². The average molecular weight is 289 g/mol. The fourth-order valence-corrected chi connectivity index (χ4v) is 6.96. The maximum Gasteiger partial charge on any atom is 0.243 e. The normalized spacial score (nSPS) is 44.9. The lowest BCUT2D eigenvalue weighted by Crippen LogP contribution is -2.33. The predicted octanol–water partition coefficient (Wildman–Crippen LogP) is 2.42. The van der Waals surface area contributed by atoms with Gasteiger partial charge in [0, 0.05) is 13.1 Å². The van der Waals surface area contributed by atoms with Gasteiger partial charge in [0.05, 0.1) is 4.90 Å². The number of rotatable bonds is 2. The van der Waals surface area contributed by atoms with Gasteiger partial charge in [-0.15, -0.1) is 0 Å². The molecule has 0 aromatic heterocycles. The minimum Gasteiger partial charge on any atom is -0.207 e. The first-order valence-corrected chi connectivity index (χ1v) is 8.98. The van der Waals surface area contributed by atoms with Gasteiger partial charge in [-0.25, -0.2) is 8.42 Å². The summed E-state index contributed by atoms with van der Waals surface area (Å²) in [6.07, 6.45) is 3.94. The van der Waals surface area contributed by atoms with Gasteiger partial charge in [-0.1, -0.05) is 17.7 Å². The number of piperidine rings is 1. The summed E-state index contributed by atoms with van der Waals surface area (Å²) in [6.45, 7) is 3.54. The van der Waals surface area contributed by atoms with Gasteiger partial charge in [-0.2, -0.15) is 4.31 Å². The van der Waals surface area contributed by atoms with Gasteiger partial charge >= 0.3 is 0 Å². The molecule has 1 aliphatic heterocycles. The zero-order valence-electron chi connectivity index (χ0n) is 11.7. The number of benzene rings is 1. The second-order valence-corrected chi connectivity index (χ2v) is 9.44. The van der Waals surface area contributed by atoms with E-state index in [0.717, 1.165) is 30.5 Å². The molecule has 0 N–H and O–H groups in total. The smallest absolute Gasteiger partial charge is 0.207 e. The highest BCUT2D eigenvalue weighted by Crippen LogP contribution is 2.87. The monoisotopic (exact) mass is 289 g/mol. The molecule has 3 aliphatic carbocycles. The summed E-state index contributed by atoms with van der Waals surface area (Å²) in [5.74, 6) is 1.79. The molecule has 106 valence electrons. The van der Waals surface area contributed by atoms with E-state index in [1.807, 2.05) is 19.1 Å². The first-order valence-electron chi connectivity index (χ1n) is 7.54. The van der Waals surface area contributed by atoms with E-state index in [-0.39, 0.29) is 0 Å². The number of hydrogen-bond donors (Lipinski definition) is 0. The van der Waals surface area contributed by atoms with Gasteiger partial charge in [-0.3, -0.25) is 0 Å². The molecule has 3 saturated carbocycles. The van der Waals surface area contributed by atoms with Crippen molar-refractivity contribution in [3.05, 3.63) is 29.8 Å². The summed E-state index contributed by atoms with van der Waals surface area (Å²) in [5, 5.41) is 0. The maximum absolute atomic E-state index is 12.8. The molecular formula is C16H19NO2S. The van der Waals surface area contributed by atoms with E-state index in [2.05, 4.69) is 0 Å². The van der Waals surface area contributed by atoms with Crippen LogP contribution in [0.15, 0.2) is 29.2 Å². The van der Waals surface area contributed by atoms with Crippen LogP contribution >= 0.6 is 0 Å². The minimum absolute atomic E-state index is 0.373. The zero-order valence-corrected chi connectivity index (χ0v) is 12.5. The van der Waals surface area contributed by atoms with Crippen LogP contribution in [0.25, 0.3) is 0 Å². The number of hydrogen-bond acceptors (Lipinski definition) is 2. The van der Waals surface area contributed by atoms with E-state index in [0.29, 0.717) is 15.7 Å². The summed E-state index contributed by atoms with van der Waals surface area (Å²) in [6, 6.07) is 7.27. The largest absolute Gasteiger partial charge is 0.243 e. The molecule has 4 unspecified atom stereocenters. The van der Waals surface area contributed by atoms with Crippen LogP contribution in [0.2, 0.25) is 0 Å². The molecule has 0 amide bonds. The molecule has 0 spiro atoms. The van der Waals surface area contributed by atoms with Crippen molar-refractivity contribution in [2.75, 3.05) is 13.1 Å². The Morgan fingerprint density at radius 3 is 2.65 bits per heavy atom. The Morgan fingerprint density at radius 2 is 1.95 bits per heavy atom. The topological polar surface area (TPSA) is 37.4 Å². The molecule has 20 heavy (non-hydrogen) atoms. The van der Waals surface area contributed by atoms with Crippen LogP contribution in [-0.2, 0) is 10.0 Å². The molecule has 4 heteroatoms. The highest BCUT2D eigenvalue weighted by atomic mass is 32.2. The number of sulfonamides is 1. The third-order valence-corrected chi connectivity index (χ3v) is 8.27. The number of nitrogens with zero attached hydrogens (tertiary/aromatic N) is 1. The van der Waals surface area contributed by atoms with Crippen molar-refractivity contribution in [2.45, 2.75) is 31.1 Å². The van der Waals surface area contributed by atoms with Crippen LogP contribution in [0.4, 0.5) is 0 Å². The van der Waals surface area contributed by atoms with E-state index in [1.165, 1.54) is 19.3 Å². The third kappa shape index (κ3) is 1.19. The van der Waals surface area contributed by atoms with Crippen molar-refractivity contribution in [3.63, 3.8) is 0 Å². The van der Waals surface area contributed by atoms with Gasteiger partial charge in [-0.05, 0) is 61.0 Å². The van der Waals surface area contributed by atoms with Gasteiger partial charge < -0.3 is 0 Å². The summed E-state index contributed by atoms with van der Waals surface area (Å²) in [7, 11) is -3.28. The highest BCUT2D eigenvalue weighted by molar-refractivity contribution is 7.89. The molecule has 0 radical (unpaired) electrons. The first kappa shape index (κ1) is 11.8. The molecule has 3 nitrogen and oxygen atoms in total. The van der Waals surface area contributed by atoms with Crippen LogP contribution in [0.1, 0.15) is 24.8 Å². The quantitative estimate of drug-likeness (QED) is 0.838. The molecule has 1 aromatic carbocycles. The lowest BCUT2D eigenvalue weighted by atomic mass is 9.95. The number of fused-ring (bicyclic) bond motifs is 1. The Bertz CT molecular complexity index is 710. The van der Waals surface area contributed by atoms with E-state index < -0.39 is 10.0 Å². The van der Waals surface area contributed by atoms with Gasteiger partial charge in [0.2, 0.25) is 10.0 Å². The van der Waals surface area contributed by atoms with Crippen molar-refractivity contribution in [1.82, 2.24) is 4.31 Å². The van der Waals surface area contributed by atoms with Crippen molar-refractivity contribution in [3.8, 4) is 0 Å². The third-order valence-electron chi connectivity index (χ3n) is 6.47. The van der Waals surface area contributed by atoms with Crippen LogP contribution < -0.4 is 0 Å². The van der Waals surface area contributed by atoms with Crippen LogP contribution in [-0.4, -0.2) is 25.8 Å². The number of aryl methyl sites for hydroxylation is 1. The molecule has 1 saturated heterocycles. The highest BCUT2D eigenvalue weighted by Gasteiger charge is 2.84. The molecule has 1 aromatic rings. The van der Waals surface area contributed by atoms with Crippen LogP contribution in [0.3, 0.4) is 0 Å². The molecule has 4 fully saturated rings. The average Bonchev–Trinajstić information content (AvgIpc) is 3.25. The van der Waals surface area contributed by atoms with Gasteiger partial charge in [0.25, 0.3) is 0 Å². The van der Waals surface area contributed by atoms with Crippen LogP contribution in [0.5, 0.6) is 0 Å². The SMILES string of the molecule is Cc1ccc(S(=O)(=O)N2CC34CC5CC5C3(C2)C4)cc1. The van der Waals surface area contributed by atoms with E-state index >= 15 is 0 Å². The molecule has 4 atom stereocenters. The van der Waals surface area contributed by atoms with E-state index in [4.69, 9.17) is 0 Å². The second-order valence-electron chi connectivity index (χ2n) is 7.51. The standard InChI is InChI=1S/C16H19NO2S/c1-11-2-4-13(5-3-11)20(18,19)17-9-15-7-12-6-14(12)16(15,8-15)10-17/h2-5,12,14H,6-10H2,1H3. The maximum atomic E-state index is 12.8. The minimum atomic E-state index is -3.28. The first-order chi connectivity index (χ1) is 9.47. The predicted molar refractivity (Wildman–Crippen MR) is 75.6 cm³/mol. The Morgan fingerprint density at radius 1 is 1.20 bits per heavy atom. The van der Waals surface area contributed by atoms with Gasteiger partial charge in [0.15, 0.2) is 0 Å². The lowest BCUT2D eigenvalue weighted by molar-refractivity contribution is 0.356. The van der Waals surface area contributed by atoms with Crippen LogP contribution in [0, 0.1) is 29.6 Å². The van der Waals surface area contributed by atoms with Crippen molar-refractivity contribution >= 4 is 10.0 Å². The molecule has 1 heterocycles. The van der Waals surface area contributed by atoms with E-state index in [1.54, 1.807) is 16.4 Å². The van der Waals surface area contributed by atoms with Crippen molar-refractivity contribution < 1.29 is 8.42 Å². The Balaban J connectivity index is 1.49. The fourth-order valence-electron chi connectivity index (χ4n) is 5.37. The summed E-state index contributed by atoms with van der Waals surface area (Å²) in [5.41, 5.74) is 1.86. The Kier molecular flexibility index (Phi) is 1.85. The zero-order chi connectivity index (χ0) is 13.8. The van der Waals surface area contributed by atoms with Gasteiger partial charge in [0.1, 0.15) is 0 Å².